The maximum Gasteiger partial charge on any atom is 0.243 e. The van der Waals surface area contributed by atoms with Gasteiger partial charge < -0.3 is 15.5 Å². The Labute approximate surface area is 236 Å². The number of nitrogens with one attached hydrogen (secondary N) is 1. The van der Waals surface area contributed by atoms with Crippen LogP contribution in [0, 0.1) is 50.2 Å². The Bertz CT molecular complexity index is 1090. The minimum absolute atomic E-state index is 0.00118. The lowest BCUT2D eigenvalue weighted by Gasteiger charge is -2.70. The zero-order chi connectivity index (χ0) is 28.6. The van der Waals surface area contributed by atoms with E-state index >= 15 is 0 Å². The van der Waals surface area contributed by atoms with Crippen molar-refractivity contribution in [3.05, 3.63) is 23.8 Å². The fourth-order valence-corrected chi connectivity index (χ4v) is 10.9. The van der Waals surface area contributed by atoms with Gasteiger partial charge in [-0.05, 0) is 114 Å². The van der Waals surface area contributed by atoms with Crippen LogP contribution in [0.5, 0.6) is 0 Å². The number of hydrogen-bond donors (Lipinski definition) is 3. The topological polar surface area (TPSA) is 86.6 Å². The van der Waals surface area contributed by atoms with Crippen molar-refractivity contribution in [2.75, 3.05) is 13.2 Å². The molecule has 5 rings (SSSR count). The first-order chi connectivity index (χ1) is 18.1. The summed E-state index contributed by atoms with van der Waals surface area (Å²) in [6.45, 7) is 16.7. The van der Waals surface area contributed by atoms with Gasteiger partial charge in [0.1, 0.15) is 0 Å². The van der Waals surface area contributed by atoms with Crippen LogP contribution in [0.1, 0.15) is 106 Å². The number of allylic oxidation sites excluding steroid dienone is 3. The molecule has 0 aromatic carbocycles. The van der Waals surface area contributed by atoms with Gasteiger partial charge in [0.15, 0.2) is 5.78 Å². The molecule has 5 aliphatic rings. The van der Waals surface area contributed by atoms with E-state index in [1.54, 1.807) is 6.08 Å². The van der Waals surface area contributed by atoms with E-state index in [0.29, 0.717) is 17.6 Å². The van der Waals surface area contributed by atoms with Crippen molar-refractivity contribution in [2.45, 2.75) is 112 Å². The Balaban J connectivity index is 1.51. The van der Waals surface area contributed by atoms with Gasteiger partial charge in [-0.2, -0.15) is 0 Å². The Morgan fingerprint density at radius 3 is 2.38 bits per heavy atom. The standard InChI is InChI=1S/C34H53NO4/c1-29(2)25-8-13-34(7)28(32(25,5)12-9-26(29)38)24(37)20-22-23-21-30(3,11-10-27(39)35-18-19-36)14-15-31(23,4)16-17-33(22,34)6/h10-11,20,23,25-26,28,36,38H,8-9,12-19,21H2,1-7H3,(H,35,39)/b11-10+/t23-,25-,26-,28+,30-,31+,32-,33+,34+/m0/s1. The van der Waals surface area contributed by atoms with Gasteiger partial charge in [0.05, 0.1) is 12.7 Å². The molecule has 0 bridgehead atoms. The number of amides is 1. The zero-order valence-electron chi connectivity index (χ0n) is 25.5. The van der Waals surface area contributed by atoms with Crippen LogP contribution in [0.4, 0.5) is 0 Å². The molecule has 4 saturated carbocycles. The molecule has 9 atom stereocenters. The van der Waals surface area contributed by atoms with Gasteiger partial charge in [0.25, 0.3) is 0 Å². The molecule has 0 aromatic heterocycles. The smallest absolute Gasteiger partial charge is 0.243 e. The Morgan fingerprint density at radius 2 is 1.69 bits per heavy atom. The van der Waals surface area contributed by atoms with E-state index in [9.17, 15) is 14.7 Å². The number of aliphatic hydroxyl groups is 2. The summed E-state index contributed by atoms with van der Waals surface area (Å²) < 4.78 is 0. The van der Waals surface area contributed by atoms with Crippen LogP contribution in [0.3, 0.4) is 0 Å². The number of ketones is 1. The van der Waals surface area contributed by atoms with Crippen molar-refractivity contribution in [2.24, 2.45) is 50.2 Å². The summed E-state index contributed by atoms with van der Waals surface area (Å²) in [7, 11) is 0. The zero-order valence-corrected chi connectivity index (χ0v) is 25.5. The summed E-state index contributed by atoms with van der Waals surface area (Å²) >= 11 is 0. The lowest BCUT2D eigenvalue weighted by Crippen LogP contribution is -2.66. The molecular weight excluding hydrogens is 486 g/mol. The monoisotopic (exact) mass is 539 g/mol. The summed E-state index contributed by atoms with van der Waals surface area (Å²) in [4.78, 5) is 26.7. The molecule has 5 nitrogen and oxygen atoms in total. The normalized spacial score (nSPS) is 48.8. The van der Waals surface area contributed by atoms with Crippen molar-refractivity contribution < 1.29 is 19.8 Å². The molecule has 3 N–H and O–H groups in total. The molecule has 0 saturated heterocycles. The Morgan fingerprint density at radius 1 is 1.00 bits per heavy atom. The molecule has 0 aliphatic heterocycles. The lowest BCUT2D eigenvalue weighted by atomic mass is 9.33. The van der Waals surface area contributed by atoms with Crippen LogP contribution >= 0.6 is 0 Å². The molecular formula is C34H53NO4. The summed E-state index contributed by atoms with van der Waals surface area (Å²) in [6.07, 6.45) is 14.8. The maximum absolute atomic E-state index is 14.4. The Kier molecular flexibility index (Phi) is 6.91. The quantitative estimate of drug-likeness (QED) is 0.383. The molecule has 0 radical (unpaired) electrons. The highest BCUT2D eigenvalue weighted by molar-refractivity contribution is 5.95. The number of rotatable bonds is 4. The van der Waals surface area contributed by atoms with Gasteiger partial charge in [0, 0.05) is 12.5 Å². The van der Waals surface area contributed by atoms with Gasteiger partial charge in [-0.15, -0.1) is 0 Å². The second-order valence-corrected chi connectivity index (χ2v) is 16.1. The minimum Gasteiger partial charge on any atom is -0.395 e. The van der Waals surface area contributed by atoms with Crippen molar-refractivity contribution in [1.82, 2.24) is 5.32 Å². The van der Waals surface area contributed by atoms with Gasteiger partial charge in [-0.3, -0.25) is 9.59 Å². The second-order valence-electron chi connectivity index (χ2n) is 16.1. The van der Waals surface area contributed by atoms with Gasteiger partial charge in [0.2, 0.25) is 5.91 Å². The number of hydrogen-bond acceptors (Lipinski definition) is 4. The lowest BCUT2D eigenvalue weighted by molar-refractivity contribution is -0.202. The fraction of sp³-hybridized carbons (Fsp3) is 0.824. The third-order valence-electron chi connectivity index (χ3n) is 13.6. The molecule has 0 unspecified atom stereocenters. The maximum atomic E-state index is 14.4. The predicted octanol–water partition coefficient (Wildman–Crippen LogP) is 5.99. The fourth-order valence-electron chi connectivity index (χ4n) is 10.9. The van der Waals surface area contributed by atoms with E-state index in [2.05, 4.69) is 65.9 Å². The van der Waals surface area contributed by atoms with E-state index in [1.807, 2.05) is 0 Å². The average Bonchev–Trinajstić information content (AvgIpc) is 2.86. The highest BCUT2D eigenvalue weighted by Gasteiger charge is 2.70. The van der Waals surface area contributed by atoms with Crippen LogP contribution in [-0.4, -0.2) is 41.2 Å². The third kappa shape index (κ3) is 4.15. The number of carbonyl (C=O) groups is 2. The van der Waals surface area contributed by atoms with Gasteiger partial charge in [-0.25, -0.2) is 0 Å². The molecule has 1 amide bonds. The summed E-state index contributed by atoms with van der Waals surface area (Å²) in [6, 6.07) is 0. The molecule has 5 aliphatic carbocycles. The van der Waals surface area contributed by atoms with E-state index in [4.69, 9.17) is 5.11 Å². The summed E-state index contributed by atoms with van der Waals surface area (Å²) in [5.74, 6) is 0.860. The average molecular weight is 540 g/mol. The minimum atomic E-state index is -0.297. The SMILES string of the molecule is CC1(C)[C@@H](O)CC[C@]2(C)[C@H]3C(=O)C=C4[C@@H]5C[C@@](C)(/C=C/C(=O)NCCO)CC[C@]5(C)CC[C@@]4(C)[C@]3(C)CC[C@@H]12. The molecule has 5 heteroatoms. The first-order valence-electron chi connectivity index (χ1n) is 15.6. The molecule has 218 valence electrons. The molecule has 0 aromatic rings. The van der Waals surface area contributed by atoms with E-state index in [-0.39, 0.29) is 63.6 Å². The van der Waals surface area contributed by atoms with Crippen molar-refractivity contribution in [1.29, 1.82) is 0 Å². The first-order valence-corrected chi connectivity index (χ1v) is 15.6. The number of carbonyl (C=O) groups excluding carboxylic acids is 2. The van der Waals surface area contributed by atoms with Crippen molar-refractivity contribution in [3.8, 4) is 0 Å². The van der Waals surface area contributed by atoms with Crippen molar-refractivity contribution >= 4 is 11.7 Å². The van der Waals surface area contributed by atoms with E-state index < -0.39 is 0 Å². The largest absolute Gasteiger partial charge is 0.395 e. The summed E-state index contributed by atoms with van der Waals surface area (Å²) in [5.41, 5.74) is 1.08. The number of aliphatic hydroxyl groups excluding tert-OH is 2. The highest BCUT2D eigenvalue weighted by Crippen LogP contribution is 2.75. The van der Waals surface area contributed by atoms with E-state index in [0.717, 1.165) is 51.4 Å². The van der Waals surface area contributed by atoms with Crippen LogP contribution in [0.15, 0.2) is 23.8 Å². The van der Waals surface area contributed by atoms with Gasteiger partial charge in [-0.1, -0.05) is 60.1 Å². The van der Waals surface area contributed by atoms with Crippen molar-refractivity contribution in [3.63, 3.8) is 0 Å². The van der Waals surface area contributed by atoms with Gasteiger partial charge >= 0.3 is 0 Å². The molecule has 0 spiro atoms. The second kappa shape index (κ2) is 9.28. The number of fused-ring (bicyclic) bond motifs is 7. The van der Waals surface area contributed by atoms with Crippen LogP contribution < -0.4 is 5.32 Å². The summed E-state index contributed by atoms with van der Waals surface area (Å²) in [5, 5.41) is 22.7. The first kappa shape index (κ1) is 29.0. The van der Waals surface area contributed by atoms with Crippen LogP contribution in [0.25, 0.3) is 0 Å². The molecule has 4 fully saturated rings. The molecule has 39 heavy (non-hydrogen) atoms. The predicted molar refractivity (Wildman–Crippen MR) is 155 cm³/mol. The Hall–Kier alpha value is -1.46. The van der Waals surface area contributed by atoms with Crippen LogP contribution in [0.2, 0.25) is 0 Å². The van der Waals surface area contributed by atoms with Crippen LogP contribution in [-0.2, 0) is 9.59 Å². The molecule has 0 heterocycles. The third-order valence-corrected chi connectivity index (χ3v) is 13.6. The van der Waals surface area contributed by atoms with E-state index in [1.165, 1.54) is 12.0 Å². The highest BCUT2D eigenvalue weighted by atomic mass is 16.3.